The summed E-state index contributed by atoms with van der Waals surface area (Å²) in [6, 6.07) is 7.14. The predicted octanol–water partition coefficient (Wildman–Crippen LogP) is 3.78. The standard InChI is InChI=1S/C21H26ClN3O2/c1-12(24-25-21(27)17-4-2-3-5-18(17)22)6-19(26)23-20-15-8-13-7-14(10-15)11-16(20)9-13/h2-5,13-16,20H,6-11H2,1H3,(H,23,26)(H,25,27)/b24-12+. The van der Waals surface area contributed by atoms with Crippen LogP contribution in [0.1, 0.15) is 55.8 Å². The van der Waals surface area contributed by atoms with E-state index in [9.17, 15) is 9.59 Å². The zero-order valence-electron chi connectivity index (χ0n) is 15.6. The molecule has 0 heterocycles. The number of amides is 2. The lowest BCUT2D eigenvalue weighted by molar-refractivity contribution is -0.123. The molecule has 6 heteroatoms. The number of hydrogen-bond donors (Lipinski definition) is 2. The van der Waals surface area contributed by atoms with E-state index in [1.54, 1.807) is 31.2 Å². The summed E-state index contributed by atoms with van der Waals surface area (Å²) in [5.74, 6) is 2.72. The van der Waals surface area contributed by atoms with E-state index in [0.717, 1.165) is 11.8 Å². The summed E-state index contributed by atoms with van der Waals surface area (Å²) in [6.07, 6.45) is 6.71. The molecule has 0 unspecified atom stereocenters. The van der Waals surface area contributed by atoms with Crippen molar-refractivity contribution in [3.8, 4) is 0 Å². The highest BCUT2D eigenvalue weighted by Crippen LogP contribution is 2.53. The van der Waals surface area contributed by atoms with Gasteiger partial charge >= 0.3 is 0 Å². The number of carbonyl (C=O) groups is 2. The highest BCUT2D eigenvalue weighted by atomic mass is 35.5. The Kier molecular flexibility index (Phi) is 5.22. The molecule has 0 saturated heterocycles. The Morgan fingerprint density at radius 2 is 1.70 bits per heavy atom. The van der Waals surface area contributed by atoms with Crippen LogP contribution in [0.4, 0.5) is 0 Å². The van der Waals surface area contributed by atoms with Crippen molar-refractivity contribution in [2.75, 3.05) is 0 Å². The molecule has 2 amide bonds. The first-order valence-electron chi connectivity index (χ1n) is 9.87. The van der Waals surface area contributed by atoms with Gasteiger partial charge in [-0.1, -0.05) is 23.7 Å². The first kappa shape index (κ1) is 18.5. The van der Waals surface area contributed by atoms with Crippen molar-refractivity contribution in [2.24, 2.45) is 28.8 Å². The Hall–Kier alpha value is -1.88. The fraction of sp³-hybridized carbons (Fsp3) is 0.571. The summed E-state index contributed by atoms with van der Waals surface area (Å²) in [7, 11) is 0. The maximum absolute atomic E-state index is 12.5. The molecule has 0 spiro atoms. The minimum absolute atomic E-state index is 0.000663. The van der Waals surface area contributed by atoms with Gasteiger partial charge in [0.15, 0.2) is 0 Å². The van der Waals surface area contributed by atoms with Crippen molar-refractivity contribution >= 4 is 29.1 Å². The van der Waals surface area contributed by atoms with Crippen LogP contribution in [-0.4, -0.2) is 23.6 Å². The Morgan fingerprint density at radius 1 is 1.07 bits per heavy atom. The summed E-state index contributed by atoms with van der Waals surface area (Å²) < 4.78 is 0. The van der Waals surface area contributed by atoms with Gasteiger partial charge in [-0.15, -0.1) is 0 Å². The zero-order valence-corrected chi connectivity index (χ0v) is 16.3. The summed E-state index contributed by atoms with van der Waals surface area (Å²) in [6.45, 7) is 1.75. The molecule has 4 bridgehead atoms. The molecule has 4 fully saturated rings. The van der Waals surface area contributed by atoms with Crippen LogP contribution in [-0.2, 0) is 4.79 Å². The first-order valence-corrected chi connectivity index (χ1v) is 10.2. The Balaban J connectivity index is 1.30. The molecule has 4 aliphatic rings. The van der Waals surface area contributed by atoms with Gasteiger partial charge < -0.3 is 5.32 Å². The van der Waals surface area contributed by atoms with E-state index < -0.39 is 0 Å². The van der Waals surface area contributed by atoms with Gasteiger partial charge in [0.2, 0.25) is 5.91 Å². The molecule has 27 heavy (non-hydrogen) atoms. The van der Waals surface area contributed by atoms with E-state index in [1.807, 2.05) is 0 Å². The number of nitrogens with zero attached hydrogens (tertiary/aromatic N) is 1. The second-order valence-corrected chi connectivity index (χ2v) is 8.88. The lowest BCUT2D eigenvalue weighted by Gasteiger charge is -2.54. The van der Waals surface area contributed by atoms with E-state index in [1.165, 1.54) is 32.1 Å². The summed E-state index contributed by atoms with van der Waals surface area (Å²) in [5, 5.41) is 7.71. The SMILES string of the molecule is C/C(CC(=O)NC1C2CC3CC(C2)CC1C3)=N\NC(=O)c1ccccc1Cl. The first-order chi connectivity index (χ1) is 13.0. The van der Waals surface area contributed by atoms with Gasteiger partial charge in [-0.2, -0.15) is 5.10 Å². The van der Waals surface area contributed by atoms with Crippen LogP contribution < -0.4 is 10.7 Å². The van der Waals surface area contributed by atoms with E-state index in [-0.39, 0.29) is 18.2 Å². The van der Waals surface area contributed by atoms with Gasteiger partial charge in [-0.3, -0.25) is 9.59 Å². The van der Waals surface area contributed by atoms with Crippen LogP contribution in [0.2, 0.25) is 5.02 Å². The van der Waals surface area contributed by atoms with Crippen LogP contribution in [0.25, 0.3) is 0 Å². The molecule has 144 valence electrons. The molecule has 4 saturated carbocycles. The summed E-state index contributed by atoms with van der Waals surface area (Å²) >= 11 is 6.01. The van der Waals surface area contributed by atoms with Crippen molar-refractivity contribution < 1.29 is 9.59 Å². The monoisotopic (exact) mass is 387 g/mol. The third kappa shape index (κ3) is 4.03. The van der Waals surface area contributed by atoms with Crippen LogP contribution >= 0.6 is 11.6 Å². The van der Waals surface area contributed by atoms with E-state index in [2.05, 4.69) is 15.8 Å². The largest absolute Gasteiger partial charge is 0.352 e. The molecule has 0 radical (unpaired) electrons. The minimum Gasteiger partial charge on any atom is -0.352 e. The van der Waals surface area contributed by atoms with Crippen molar-refractivity contribution in [2.45, 2.75) is 51.5 Å². The molecule has 1 aromatic carbocycles. The Labute approximate surface area is 164 Å². The normalized spacial score (nSPS) is 31.6. The lowest BCUT2D eigenvalue weighted by Crippen LogP contribution is -2.56. The van der Waals surface area contributed by atoms with Gasteiger partial charge in [0, 0.05) is 11.8 Å². The number of rotatable bonds is 5. The lowest BCUT2D eigenvalue weighted by atomic mass is 9.54. The predicted molar refractivity (Wildman–Crippen MR) is 106 cm³/mol. The minimum atomic E-state index is -0.374. The molecule has 0 atom stereocenters. The average Bonchev–Trinajstić information content (AvgIpc) is 2.62. The smallest absolute Gasteiger partial charge is 0.272 e. The van der Waals surface area contributed by atoms with Gasteiger partial charge in [-0.25, -0.2) is 5.43 Å². The third-order valence-corrected chi connectivity index (χ3v) is 6.77. The van der Waals surface area contributed by atoms with Crippen molar-refractivity contribution in [3.63, 3.8) is 0 Å². The number of hydrazone groups is 1. The van der Waals surface area contributed by atoms with E-state index >= 15 is 0 Å². The fourth-order valence-corrected chi connectivity index (χ4v) is 5.74. The zero-order chi connectivity index (χ0) is 19.0. The number of halogens is 1. The average molecular weight is 388 g/mol. The maximum atomic E-state index is 12.5. The van der Waals surface area contributed by atoms with Gasteiger partial charge in [0.1, 0.15) is 0 Å². The van der Waals surface area contributed by atoms with E-state index in [0.29, 0.717) is 34.2 Å². The second kappa shape index (κ2) is 7.63. The third-order valence-electron chi connectivity index (χ3n) is 6.44. The molecule has 4 aliphatic carbocycles. The van der Waals surface area contributed by atoms with Crippen LogP contribution in [0.15, 0.2) is 29.4 Å². The van der Waals surface area contributed by atoms with Crippen molar-refractivity contribution in [3.05, 3.63) is 34.9 Å². The number of carbonyl (C=O) groups excluding carboxylic acids is 2. The maximum Gasteiger partial charge on any atom is 0.272 e. The second-order valence-electron chi connectivity index (χ2n) is 8.47. The Morgan fingerprint density at radius 3 is 2.33 bits per heavy atom. The van der Waals surface area contributed by atoms with Gasteiger partial charge in [0.05, 0.1) is 17.0 Å². The molecule has 2 N–H and O–H groups in total. The van der Waals surface area contributed by atoms with Crippen LogP contribution in [0, 0.1) is 23.7 Å². The quantitative estimate of drug-likeness (QED) is 0.596. The van der Waals surface area contributed by atoms with Gasteiger partial charge in [-0.05, 0) is 74.8 Å². The van der Waals surface area contributed by atoms with Gasteiger partial charge in [0.25, 0.3) is 5.91 Å². The molecule has 1 aromatic rings. The highest BCUT2D eigenvalue weighted by molar-refractivity contribution is 6.33. The number of benzene rings is 1. The topological polar surface area (TPSA) is 70.6 Å². The molecule has 5 nitrogen and oxygen atoms in total. The van der Waals surface area contributed by atoms with Crippen molar-refractivity contribution in [1.82, 2.24) is 10.7 Å². The van der Waals surface area contributed by atoms with Crippen molar-refractivity contribution in [1.29, 1.82) is 0 Å². The molecule has 0 aliphatic heterocycles. The fourth-order valence-electron chi connectivity index (χ4n) is 5.52. The van der Waals surface area contributed by atoms with Crippen LogP contribution in [0.3, 0.4) is 0 Å². The summed E-state index contributed by atoms with van der Waals surface area (Å²) in [5.41, 5.74) is 3.43. The number of hydrogen-bond acceptors (Lipinski definition) is 3. The van der Waals surface area contributed by atoms with E-state index in [4.69, 9.17) is 11.6 Å². The highest BCUT2D eigenvalue weighted by Gasteiger charge is 2.48. The number of nitrogens with one attached hydrogen (secondary N) is 2. The summed E-state index contributed by atoms with van der Waals surface area (Å²) in [4.78, 5) is 24.6. The Bertz CT molecular complexity index is 748. The van der Waals surface area contributed by atoms with Crippen LogP contribution in [0.5, 0.6) is 0 Å². The molecular weight excluding hydrogens is 362 g/mol. The molecule has 0 aromatic heterocycles. The molecular formula is C21H26ClN3O2. The molecule has 5 rings (SSSR count).